The molecule has 0 aliphatic carbocycles. The lowest BCUT2D eigenvalue weighted by atomic mass is 9.84. The van der Waals surface area contributed by atoms with E-state index in [2.05, 4.69) is 74.5 Å². The van der Waals surface area contributed by atoms with Crippen molar-refractivity contribution in [2.24, 2.45) is 0 Å². The van der Waals surface area contributed by atoms with Crippen LogP contribution in [0.15, 0.2) is 72.8 Å². The van der Waals surface area contributed by atoms with Gasteiger partial charge in [0.05, 0.1) is 0 Å². The summed E-state index contributed by atoms with van der Waals surface area (Å²) in [5, 5.41) is 4.70. The van der Waals surface area contributed by atoms with Crippen LogP contribution in [0.5, 0.6) is 23.0 Å². The van der Waals surface area contributed by atoms with Crippen molar-refractivity contribution in [2.45, 2.75) is 13.8 Å². The van der Waals surface area contributed by atoms with E-state index in [9.17, 15) is 0 Å². The molecular weight excluding hydrogens is 448 g/mol. The van der Waals surface area contributed by atoms with Gasteiger partial charge in [-0.1, -0.05) is 60.7 Å². The summed E-state index contributed by atoms with van der Waals surface area (Å²) >= 11 is 0. The van der Waals surface area contributed by atoms with Crippen molar-refractivity contribution in [3.05, 3.63) is 83.9 Å². The number of benzene rings is 5. The predicted molar refractivity (Wildman–Crippen MR) is 144 cm³/mol. The summed E-state index contributed by atoms with van der Waals surface area (Å²) in [6, 6.07) is 25.6. The quantitative estimate of drug-likeness (QED) is 0.249. The first-order valence-electron chi connectivity index (χ1n) is 12.4. The summed E-state index contributed by atoms with van der Waals surface area (Å²) in [6.07, 6.45) is 0. The number of aryl methyl sites for hydroxylation is 2. The molecule has 2 aliphatic heterocycles. The first kappa shape index (κ1) is 21.1. The van der Waals surface area contributed by atoms with Gasteiger partial charge < -0.3 is 18.9 Å². The molecule has 7 rings (SSSR count). The maximum absolute atomic E-state index is 6.19. The maximum Gasteiger partial charge on any atom is 0.169 e. The van der Waals surface area contributed by atoms with Crippen molar-refractivity contribution in [3.8, 4) is 45.3 Å². The Morgan fingerprint density at radius 1 is 0.472 bits per heavy atom. The highest BCUT2D eigenvalue weighted by molar-refractivity contribution is 6.22. The Balaban J connectivity index is 1.66. The topological polar surface area (TPSA) is 36.9 Å². The number of hydrogen-bond acceptors (Lipinski definition) is 4. The van der Waals surface area contributed by atoms with E-state index in [0.717, 1.165) is 45.3 Å². The van der Waals surface area contributed by atoms with E-state index < -0.39 is 0 Å². The second-order valence-corrected chi connectivity index (χ2v) is 9.44. The molecule has 4 heteroatoms. The zero-order valence-corrected chi connectivity index (χ0v) is 20.4. The van der Waals surface area contributed by atoms with Gasteiger partial charge in [0.25, 0.3) is 0 Å². The van der Waals surface area contributed by atoms with Crippen LogP contribution in [0.1, 0.15) is 11.1 Å². The first-order valence-corrected chi connectivity index (χ1v) is 12.4. The van der Waals surface area contributed by atoms with E-state index in [1.165, 1.54) is 32.7 Å². The van der Waals surface area contributed by atoms with E-state index in [-0.39, 0.29) is 0 Å². The van der Waals surface area contributed by atoms with Crippen molar-refractivity contribution in [3.63, 3.8) is 0 Å². The molecule has 0 radical (unpaired) electrons. The average molecular weight is 475 g/mol. The molecule has 0 atom stereocenters. The van der Waals surface area contributed by atoms with E-state index in [4.69, 9.17) is 18.9 Å². The summed E-state index contributed by atoms with van der Waals surface area (Å²) in [5.74, 6) is 3.23. The molecule has 2 aliphatic rings. The van der Waals surface area contributed by atoms with Gasteiger partial charge in [-0.25, -0.2) is 0 Å². The maximum atomic E-state index is 6.19. The number of fused-ring (bicyclic) bond motifs is 4. The van der Waals surface area contributed by atoms with Crippen LogP contribution in [0.2, 0.25) is 0 Å². The highest BCUT2D eigenvalue weighted by Crippen LogP contribution is 2.51. The molecule has 0 amide bonds. The fourth-order valence-corrected chi connectivity index (χ4v) is 5.56. The van der Waals surface area contributed by atoms with Crippen LogP contribution in [-0.2, 0) is 0 Å². The first-order chi connectivity index (χ1) is 17.7. The lowest BCUT2D eigenvalue weighted by Crippen LogP contribution is -2.16. The fourth-order valence-electron chi connectivity index (χ4n) is 5.56. The standard InChI is InChI=1S/C32H26O4/c1-19-17-25-26(18-20(19)2)30(24-10-6-12-28-32(24)36-16-14-34-28)22-8-4-3-7-21(22)29(25)23-9-5-11-27-31(23)35-15-13-33-27/h3-12,17-18H,13-16H2,1-2H3. The van der Waals surface area contributed by atoms with Crippen molar-refractivity contribution < 1.29 is 18.9 Å². The van der Waals surface area contributed by atoms with Gasteiger partial charge in [-0.3, -0.25) is 0 Å². The number of para-hydroxylation sites is 2. The van der Waals surface area contributed by atoms with Gasteiger partial charge in [0.15, 0.2) is 23.0 Å². The van der Waals surface area contributed by atoms with E-state index in [0.29, 0.717) is 26.4 Å². The van der Waals surface area contributed by atoms with Crippen molar-refractivity contribution >= 4 is 21.5 Å². The van der Waals surface area contributed by atoms with Gasteiger partial charge in [-0.15, -0.1) is 0 Å². The molecule has 4 nitrogen and oxygen atoms in total. The summed E-state index contributed by atoms with van der Waals surface area (Å²) in [5.41, 5.74) is 6.94. The Kier molecular flexibility index (Phi) is 4.81. The summed E-state index contributed by atoms with van der Waals surface area (Å²) < 4.78 is 24.3. The molecule has 0 saturated heterocycles. The van der Waals surface area contributed by atoms with Crippen molar-refractivity contribution in [1.82, 2.24) is 0 Å². The smallest absolute Gasteiger partial charge is 0.169 e. The third-order valence-electron chi connectivity index (χ3n) is 7.31. The Hall–Kier alpha value is -4.18. The Bertz CT molecular complexity index is 1540. The lowest BCUT2D eigenvalue weighted by molar-refractivity contribution is 0.172. The van der Waals surface area contributed by atoms with Gasteiger partial charge in [0.1, 0.15) is 26.4 Å². The fraction of sp³-hybridized carbons (Fsp3) is 0.188. The molecule has 0 N–H and O–H groups in total. The summed E-state index contributed by atoms with van der Waals surface area (Å²) in [7, 11) is 0. The molecule has 36 heavy (non-hydrogen) atoms. The molecule has 0 saturated carbocycles. The molecule has 5 aromatic carbocycles. The van der Waals surface area contributed by atoms with Crippen LogP contribution in [0, 0.1) is 13.8 Å². The van der Waals surface area contributed by atoms with Gasteiger partial charge in [-0.2, -0.15) is 0 Å². The second kappa shape index (κ2) is 8.20. The highest BCUT2D eigenvalue weighted by Gasteiger charge is 2.25. The molecule has 0 aromatic heterocycles. The van der Waals surface area contributed by atoms with Crippen molar-refractivity contribution in [2.75, 3.05) is 26.4 Å². The van der Waals surface area contributed by atoms with E-state index >= 15 is 0 Å². The Labute approximate surface area is 210 Å². The molecule has 0 spiro atoms. The zero-order valence-electron chi connectivity index (χ0n) is 20.4. The second-order valence-electron chi connectivity index (χ2n) is 9.44. The van der Waals surface area contributed by atoms with Crippen molar-refractivity contribution in [1.29, 1.82) is 0 Å². The van der Waals surface area contributed by atoms with Gasteiger partial charge in [0, 0.05) is 22.3 Å². The molecule has 0 fully saturated rings. The predicted octanol–water partition coefficient (Wildman–Crippen LogP) is 7.49. The van der Waals surface area contributed by atoms with Gasteiger partial charge in [-0.05, 0) is 58.7 Å². The molecule has 5 aromatic rings. The Morgan fingerprint density at radius 2 is 0.917 bits per heavy atom. The average Bonchev–Trinajstić information content (AvgIpc) is 2.92. The minimum absolute atomic E-state index is 0.545. The van der Waals surface area contributed by atoms with Crippen LogP contribution >= 0.6 is 0 Å². The van der Waals surface area contributed by atoms with Gasteiger partial charge >= 0.3 is 0 Å². The van der Waals surface area contributed by atoms with Crippen LogP contribution in [0.3, 0.4) is 0 Å². The largest absolute Gasteiger partial charge is 0.486 e. The van der Waals surface area contributed by atoms with E-state index in [1.54, 1.807) is 0 Å². The number of hydrogen-bond donors (Lipinski definition) is 0. The zero-order chi connectivity index (χ0) is 24.2. The van der Waals surface area contributed by atoms with Crippen LogP contribution in [0.4, 0.5) is 0 Å². The van der Waals surface area contributed by atoms with Gasteiger partial charge in [0.2, 0.25) is 0 Å². The summed E-state index contributed by atoms with van der Waals surface area (Å²) in [4.78, 5) is 0. The minimum Gasteiger partial charge on any atom is -0.486 e. The summed E-state index contributed by atoms with van der Waals surface area (Å²) in [6.45, 7) is 6.57. The van der Waals surface area contributed by atoms with Crippen LogP contribution in [-0.4, -0.2) is 26.4 Å². The number of rotatable bonds is 2. The third-order valence-corrected chi connectivity index (χ3v) is 7.31. The van der Waals surface area contributed by atoms with E-state index in [1.807, 2.05) is 12.1 Å². The van der Waals surface area contributed by atoms with Crippen LogP contribution in [0.25, 0.3) is 43.8 Å². The molecule has 0 unspecified atom stereocenters. The lowest BCUT2D eigenvalue weighted by Gasteiger charge is -2.25. The molecule has 178 valence electrons. The number of ether oxygens (including phenoxy) is 4. The van der Waals surface area contributed by atoms with Crippen LogP contribution < -0.4 is 18.9 Å². The highest BCUT2D eigenvalue weighted by atomic mass is 16.6. The normalized spacial score (nSPS) is 14.3. The molecule has 2 heterocycles. The third kappa shape index (κ3) is 3.14. The SMILES string of the molecule is Cc1cc2c(-c3cccc4c3OCCO4)c3ccccc3c(-c3cccc4c3OCCO4)c2cc1C. The monoisotopic (exact) mass is 474 g/mol. The Morgan fingerprint density at radius 3 is 1.39 bits per heavy atom. The molecular formula is C32H26O4. The molecule has 0 bridgehead atoms. The minimum atomic E-state index is 0.545.